The van der Waals surface area contributed by atoms with E-state index in [2.05, 4.69) is 24.1 Å². The molecule has 1 aliphatic heterocycles. The van der Waals surface area contributed by atoms with E-state index < -0.39 is 0 Å². The van der Waals surface area contributed by atoms with Gasteiger partial charge in [-0.05, 0) is 43.2 Å². The number of aromatic nitrogens is 2. The van der Waals surface area contributed by atoms with Crippen LogP contribution in [0, 0.1) is 11.8 Å². The fourth-order valence-electron chi connectivity index (χ4n) is 3.85. The normalized spacial score (nSPS) is 20.8. The van der Waals surface area contributed by atoms with Crippen LogP contribution in [0.4, 0.5) is 17.5 Å². The topological polar surface area (TPSA) is 58.1 Å². The van der Waals surface area contributed by atoms with Crippen molar-refractivity contribution in [3.8, 4) is 0 Å². The standard InChI is InChI=1S/C21H26N4O/c1-14-8-10-25(11-9-14)21-23-17-12-15(2)13-18(26)19(17)20(24-21)22-16-6-4-3-5-7-16/h3-7,14-15H,8-13H2,1-2H3,(H,22,23,24). The second kappa shape index (κ2) is 7.06. The maximum absolute atomic E-state index is 12.7. The molecule has 0 bridgehead atoms. The highest BCUT2D eigenvalue weighted by Gasteiger charge is 2.30. The van der Waals surface area contributed by atoms with E-state index in [1.807, 2.05) is 30.3 Å². The van der Waals surface area contributed by atoms with Crippen LogP contribution in [-0.2, 0) is 6.42 Å². The van der Waals surface area contributed by atoms with E-state index in [0.29, 0.717) is 23.7 Å². The lowest BCUT2D eigenvalue weighted by Crippen LogP contribution is -2.35. The molecule has 4 rings (SSSR count). The number of hydrogen-bond acceptors (Lipinski definition) is 5. The van der Waals surface area contributed by atoms with Gasteiger partial charge in [0.1, 0.15) is 5.82 Å². The zero-order chi connectivity index (χ0) is 18.1. The third-order valence-electron chi connectivity index (χ3n) is 5.43. The minimum Gasteiger partial charge on any atom is -0.341 e. The number of nitrogens with zero attached hydrogens (tertiary/aromatic N) is 3. The Bertz CT molecular complexity index is 797. The zero-order valence-corrected chi connectivity index (χ0v) is 15.5. The SMILES string of the molecule is CC1CCN(c2nc3c(c(Nc4ccccc4)n2)C(=O)CC(C)C3)CC1. The molecule has 1 fully saturated rings. The summed E-state index contributed by atoms with van der Waals surface area (Å²) >= 11 is 0. The van der Waals surface area contributed by atoms with E-state index in [0.717, 1.165) is 55.6 Å². The molecular formula is C21H26N4O. The molecule has 1 unspecified atom stereocenters. The lowest BCUT2D eigenvalue weighted by atomic mass is 9.87. The molecule has 5 heteroatoms. The van der Waals surface area contributed by atoms with Gasteiger partial charge in [-0.15, -0.1) is 0 Å². The highest BCUT2D eigenvalue weighted by Crippen LogP contribution is 2.32. The third-order valence-corrected chi connectivity index (χ3v) is 5.43. The van der Waals surface area contributed by atoms with Gasteiger partial charge in [-0.1, -0.05) is 32.0 Å². The number of para-hydroxylation sites is 1. The molecule has 0 amide bonds. The summed E-state index contributed by atoms with van der Waals surface area (Å²) in [5.74, 6) is 2.66. The Morgan fingerprint density at radius 3 is 2.46 bits per heavy atom. The van der Waals surface area contributed by atoms with Crippen molar-refractivity contribution in [1.82, 2.24) is 9.97 Å². The van der Waals surface area contributed by atoms with Crippen molar-refractivity contribution in [2.24, 2.45) is 11.8 Å². The fraction of sp³-hybridized carbons (Fsp3) is 0.476. The molecule has 1 N–H and O–H groups in total. The summed E-state index contributed by atoms with van der Waals surface area (Å²) in [6.45, 7) is 6.38. The predicted molar refractivity (Wildman–Crippen MR) is 104 cm³/mol. The molecular weight excluding hydrogens is 324 g/mol. The van der Waals surface area contributed by atoms with Gasteiger partial charge in [-0.2, -0.15) is 4.98 Å². The maximum atomic E-state index is 12.7. The van der Waals surface area contributed by atoms with E-state index in [1.54, 1.807) is 0 Å². The van der Waals surface area contributed by atoms with Gasteiger partial charge in [0, 0.05) is 25.2 Å². The summed E-state index contributed by atoms with van der Waals surface area (Å²) in [7, 11) is 0. The average molecular weight is 350 g/mol. The first kappa shape index (κ1) is 17.0. The Labute approximate surface area is 154 Å². The number of Topliss-reactive ketones (excluding diaryl/α,β-unsaturated/α-hetero) is 1. The monoisotopic (exact) mass is 350 g/mol. The molecule has 1 aliphatic carbocycles. The van der Waals surface area contributed by atoms with Crippen molar-refractivity contribution in [2.45, 2.75) is 39.5 Å². The first-order valence-electron chi connectivity index (χ1n) is 9.61. The summed E-state index contributed by atoms with van der Waals surface area (Å²) in [5.41, 5.74) is 2.52. The molecule has 136 valence electrons. The Morgan fingerprint density at radius 2 is 1.73 bits per heavy atom. The number of rotatable bonds is 3. The molecule has 2 aromatic rings. The lowest BCUT2D eigenvalue weighted by molar-refractivity contribution is 0.0952. The highest BCUT2D eigenvalue weighted by molar-refractivity contribution is 6.03. The van der Waals surface area contributed by atoms with Crippen LogP contribution in [0.5, 0.6) is 0 Å². The van der Waals surface area contributed by atoms with Crippen molar-refractivity contribution in [3.63, 3.8) is 0 Å². The molecule has 0 saturated carbocycles. The number of fused-ring (bicyclic) bond motifs is 1. The second-order valence-corrected chi connectivity index (χ2v) is 7.79. The molecule has 1 saturated heterocycles. The number of piperidine rings is 1. The molecule has 2 heterocycles. The van der Waals surface area contributed by atoms with Crippen molar-refractivity contribution in [1.29, 1.82) is 0 Å². The van der Waals surface area contributed by atoms with Gasteiger partial charge in [0.05, 0.1) is 11.3 Å². The van der Waals surface area contributed by atoms with Crippen LogP contribution in [0.25, 0.3) is 0 Å². The van der Waals surface area contributed by atoms with Crippen LogP contribution >= 0.6 is 0 Å². The minimum atomic E-state index is 0.149. The Morgan fingerprint density at radius 1 is 1.00 bits per heavy atom. The molecule has 26 heavy (non-hydrogen) atoms. The van der Waals surface area contributed by atoms with Gasteiger partial charge >= 0.3 is 0 Å². The van der Waals surface area contributed by atoms with Gasteiger partial charge < -0.3 is 10.2 Å². The Balaban J connectivity index is 1.73. The third kappa shape index (κ3) is 3.43. The Kier molecular flexibility index (Phi) is 4.62. The van der Waals surface area contributed by atoms with Crippen LogP contribution in [0.15, 0.2) is 30.3 Å². The molecule has 0 radical (unpaired) electrons. The summed E-state index contributed by atoms with van der Waals surface area (Å²) < 4.78 is 0. The number of hydrogen-bond donors (Lipinski definition) is 1. The number of carbonyl (C=O) groups is 1. The quantitative estimate of drug-likeness (QED) is 0.898. The van der Waals surface area contributed by atoms with E-state index in [9.17, 15) is 4.79 Å². The summed E-state index contributed by atoms with van der Waals surface area (Å²) in [6, 6.07) is 9.92. The first-order valence-corrected chi connectivity index (χ1v) is 9.61. The second-order valence-electron chi connectivity index (χ2n) is 7.79. The van der Waals surface area contributed by atoms with Gasteiger partial charge in [-0.25, -0.2) is 4.98 Å². The van der Waals surface area contributed by atoms with E-state index in [-0.39, 0.29) is 5.78 Å². The van der Waals surface area contributed by atoms with Crippen LogP contribution in [0.3, 0.4) is 0 Å². The molecule has 1 atom stereocenters. The van der Waals surface area contributed by atoms with Gasteiger partial charge in [-0.3, -0.25) is 4.79 Å². The van der Waals surface area contributed by atoms with Crippen molar-refractivity contribution >= 4 is 23.2 Å². The molecule has 1 aromatic carbocycles. The molecule has 2 aliphatic rings. The molecule has 0 spiro atoms. The van der Waals surface area contributed by atoms with Gasteiger partial charge in [0.25, 0.3) is 0 Å². The minimum absolute atomic E-state index is 0.149. The van der Waals surface area contributed by atoms with Crippen LogP contribution in [-0.4, -0.2) is 28.8 Å². The van der Waals surface area contributed by atoms with Gasteiger partial charge in [0.2, 0.25) is 5.95 Å². The number of ketones is 1. The van der Waals surface area contributed by atoms with Crippen LogP contribution < -0.4 is 10.2 Å². The first-order chi connectivity index (χ1) is 12.6. The smallest absolute Gasteiger partial charge is 0.227 e. The number of nitrogens with one attached hydrogen (secondary N) is 1. The van der Waals surface area contributed by atoms with E-state index in [1.165, 1.54) is 0 Å². The van der Waals surface area contributed by atoms with Gasteiger partial charge in [0.15, 0.2) is 5.78 Å². The summed E-state index contributed by atoms with van der Waals surface area (Å²) in [6.07, 6.45) is 3.74. The van der Waals surface area contributed by atoms with Crippen molar-refractivity contribution in [3.05, 3.63) is 41.6 Å². The predicted octanol–water partition coefficient (Wildman–Crippen LogP) is 4.22. The van der Waals surface area contributed by atoms with E-state index in [4.69, 9.17) is 9.97 Å². The lowest BCUT2D eigenvalue weighted by Gasteiger charge is -2.32. The maximum Gasteiger partial charge on any atom is 0.227 e. The van der Waals surface area contributed by atoms with Crippen LogP contribution in [0.1, 0.15) is 49.2 Å². The van der Waals surface area contributed by atoms with Crippen LogP contribution in [0.2, 0.25) is 0 Å². The highest BCUT2D eigenvalue weighted by atomic mass is 16.1. The van der Waals surface area contributed by atoms with Crippen molar-refractivity contribution in [2.75, 3.05) is 23.3 Å². The summed E-state index contributed by atoms with van der Waals surface area (Å²) in [5, 5.41) is 3.37. The molecule has 1 aromatic heterocycles. The molecule has 5 nitrogen and oxygen atoms in total. The number of benzene rings is 1. The number of anilines is 3. The summed E-state index contributed by atoms with van der Waals surface area (Å²) in [4.78, 5) is 24.6. The zero-order valence-electron chi connectivity index (χ0n) is 15.5. The number of carbonyl (C=O) groups excluding carboxylic acids is 1. The van der Waals surface area contributed by atoms with E-state index >= 15 is 0 Å². The Hall–Kier alpha value is -2.43. The fourth-order valence-corrected chi connectivity index (χ4v) is 3.85. The average Bonchev–Trinajstić information content (AvgIpc) is 2.62. The largest absolute Gasteiger partial charge is 0.341 e. The van der Waals surface area contributed by atoms with Crippen molar-refractivity contribution < 1.29 is 4.79 Å².